The summed E-state index contributed by atoms with van der Waals surface area (Å²) in [5, 5.41) is 0. The van der Waals surface area contributed by atoms with Gasteiger partial charge in [0.05, 0.1) is 0 Å². The minimum Gasteiger partial charge on any atom is -0.329 e. The van der Waals surface area contributed by atoms with E-state index in [4.69, 9.17) is 5.73 Å². The first-order valence-electron chi connectivity index (χ1n) is 7.61. The fraction of sp³-hybridized carbons (Fsp3) is 1.00. The van der Waals surface area contributed by atoms with Gasteiger partial charge in [-0.1, -0.05) is 32.6 Å². The summed E-state index contributed by atoms with van der Waals surface area (Å²) < 4.78 is 0. The highest BCUT2D eigenvalue weighted by Crippen LogP contribution is 2.40. The molecule has 2 heteroatoms. The summed E-state index contributed by atoms with van der Waals surface area (Å²) in [6, 6.07) is 0.798. The fourth-order valence-corrected chi connectivity index (χ4v) is 4.05. The van der Waals surface area contributed by atoms with E-state index in [1.54, 1.807) is 0 Å². The van der Waals surface area contributed by atoms with Crippen LogP contribution in [0.25, 0.3) is 0 Å². The van der Waals surface area contributed by atoms with E-state index in [0.29, 0.717) is 5.54 Å². The molecule has 0 aromatic rings. The summed E-state index contributed by atoms with van der Waals surface area (Å²) in [4.78, 5) is 2.68. The summed E-state index contributed by atoms with van der Waals surface area (Å²) in [5.74, 6) is 0.867. The smallest absolute Gasteiger partial charge is 0.0334 e. The number of nitrogens with zero attached hydrogens (tertiary/aromatic N) is 1. The van der Waals surface area contributed by atoms with Crippen LogP contribution in [0.5, 0.6) is 0 Å². The molecule has 100 valence electrons. The molecular weight excluding hydrogens is 208 g/mol. The van der Waals surface area contributed by atoms with Gasteiger partial charge in [-0.25, -0.2) is 0 Å². The molecule has 2 atom stereocenters. The Morgan fingerprint density at radius 1 is 1.12 bits per heavy atom. The zero-order valence-electron chi connectivity index (χ0n) is 11.8. The van der Waals surface area contributed by atoms with Crippen LogP contribution in [-0.2, 0) is 0 Å². The van der Waals surface area contributed by atoms with Gasteiger partial charge in [0.25, 0.3) is 0 Å². The first-order chi connectivity index (χ1) is 8.18. The fourth-order valence-electron chi connectivity index (χ4n) is 4.05. The maximum Gasteiger partial charge on any atom is 0.0334 e. The van der Waals surface area contributed by atoms with Crippen molar-refractivity contribution in [2.24, 2.45) is 11.7 Å². The zero-order chi connectivity index (χ0) is 12.3. The molecule has 0 amide bonds. The van der Waals surface area contributed by atoms with E-state index in [-0.39, 0.29) is 0 Å². The van der Waals surface area contributed by atoms with Crippen LogP contribution < -0.4 is 5.73 Å². The van der Waals surface area contributed by atoms with Crippen LogP contribution in [-0.4, -0.2) is 30.1 Å². The maximum absolute atomic E-state index is 6.14. The van der Waals surface area contributed by atoms with Crippen molar-refractivity contribution in [2.45, 2.75) is 76.3 Å². The molecule has 0 spiro atoms. The van der Waals surface area contributed by atoms with Crippen LogP contribution >= 0.6 is 0 Å². The Balaban J connectivity index is 2.02. The van der Waals surface area contributed by atoms with Crippen molar-refractivity contribution in [1.29, 1.82) is 0 Å². The minimum absolute atomic E-state index is 0.328. The van der Waals surface area contributed by atoms with Crippen LogP contribution in [0, 0.1) is 5.92 Å². The summed E-state index contributed by atoms with van der Waals surface area (Å²) in [6.07, 6.45) is 12.5. The quantitative estimate of drug-likeness (QED) is 0.765. The second-order valence-corrected chi connectivity index (χ2v) is 6.53. The topological polar surface area (TPSA) is 29.3 Å². The highest BCUT2D eigenvalue weighted by molar-refractivity contribution is 4.99. The van der Waals surface area contributed by atoms with Crippen molar-refractivity contribution < 1.29 is 0 Å². The Kier molecular flexibility index (Phi) is 4.48. The molecule has 2 aliphatic carbocycles. The van der Waals surface area contributed by atoms with E-state index < -0.39 is 0 Å². The minimum atomic E-state index is 0.328. The third-order valence-corrected chi connectivity index (χ3v) is 5.33. The van der Waals surface area contributed by atoms with E-state index in [9.17, 15) is 0 Å². The van der Waals surface area contributed by atoms with Gasteiger partial charge in [-0.05, 0) is 45.1 Å². The lowest BCUT2D eigenvalue weighted by Crippen LogP contribution is -2.54. The standard InChI is InChI=1S/C15H30N2/c1-13-9-10-15(11-13,12-16)17(2)14-7-5-3-4-6-8-14/h13-14H,3-12,16H2,1-2H3. The van der Waals surface area contributed by atoms with Gasteiger partial charge in [-0.15, -0.1) is 0 Å². The Hall–Kier alpha value is -0.0800. The third-order valence-electron chi connectivity index (χ3n) is 5.33. The number of likely N-dealkylation sites (N-methyl/N-ethyl adjacent to an activating group) is 1. The largest absolute Gasteiger partial charge is 0.329 e. The molecule has 0 bridgehead atoms. The van der Waals surface area contributed by atoms with Crippen molar-refractivity contribution >= 4 is 0 Å². The zero-order valence-corrected chi connectivity index (χ0v) is 11.8. The predicted octanol–water partition coefficient (Wildman–Crippen LogP) is 3.16. The van der Waals surface area contributed by atoms with Crippen molar-refractivity contribution in [3.8, 4) is 0 Å². The molecule has 0 radical (unpaired) electrons. The predicted molar refractivity (Wildman–Crippen MR) is 74.1 cm³/mol. The van der Waals surface area contributed by atoms with Crippen molar-refractivity contribution in [2.75, 3.05) is 13.6 Å². The SMILES string of the molecule is CC1CCC(CN)(N(C)C2CCCCCC2)C1. The molecule has 2 unspecified atom stereocenters. The first kappa shape index (κ1) is 13.4. The summed E-state index contributed by atoms with van der Waals surface area (Å²) in [6.45, 7) is 3.24. The van der Waals surface area contributed by atoms with E-state index in [2.05, 4.69) is 18.9 Å². The van der Waals surface area contributed by atoms with Gasteiger partial charge >= 0.3 is 0 Å². The second kappa shape index (κ2) is 5.71. The molecule has 2 fully saturated rings. The molecule has 2 aliphatic rings. The Labute approximate surface area is 107 Å². The highest BCUT2D eigenvalue weighted by Gasteiger charge is 2.41. The van der Waals surface area contributed by atoms with Gasteiger partial charge < -0.3 is 5.73 Å². The van der Waals surface area contributed by atoms with E-state index in [0.717, 1.165) is 18.5 Å². The monoisotopic (exact) mass is 238 g/mol. The lowest BCUT2D eigenvalue weighted by atomic mass is 9.91. The van der Waals surface area contributed by atoms with Crippen LogP contribution in [0.3, 0.4) is 0 Å². The Morgan fingerprint density at radius 2 is 1.76 bits per heavy atom. The van der Waals surface area contributed by atoms with Gasteiger partial charge in [-0.2, -0.15) is 0 Å². The molecule has 0 saturated heterocycles. The van der Waals surface area contributed by atoms with Crippen molar-refractivity contribution in [3.05, 3.63) is 0 Å². The molecule has 0 aromatic carbocycles. The van der Waals surface area contributed by atoms with E-state index in [1.807, 2.05) is 0 Å². The van der Waals surface area contributed by atoms with Crippen molar-refractivity contribution in [1.82, 2.24) is 4.90 Å². The Morgan fingerprint density at radius 3 is 2.24 bits per heavy atom. The number of hydrogen-bond donors (Lipinski definition) is 1. The van der Waals surface area contributed by atoms with Crippen LogP contribution in [0.2, 0.25) is 0 Å². The molecule has 2 N–H and O–H groups in total. The van der Waals surface area contributed by atoms with Crippen LogP contribution in [0.4, 0.5) is 0 Å². The van der Waals surface area contributed by atoms with Crippen LogP contribution in [0.1, 0.15) is 64.7 Å². The van der Waals surface area contributed by atoms with Gasteiger partial charge in [0, 0.05) is 18.1 Å². The molecule has 0 aliphatic heterocycles. The van der Waals surface area contributed by atoms with E-state index in [1.165, 1.54) is 57.8 Å². The molecular formula is C15H30N2. The molecule has 2 rings (SSSR count). The Bertz CT molecular complexity index is 233. The average molecular weight is 238 g/mol. The lowest BCUT2D eigenvalue weighted by molar-refractivity contribution is 0.0705. The van der Waals surface area contributed by atoms with E-state index >= 15 is 0 Å². The van der Waals surface area contributed by atoms with Crippen molar-refractivity contribution in [3.63, 3.8) is 0 Å². The molecule has 17 heavy (non-hydrogen) atoms. The molecule has 2 nitrogen and oxygen atoms in total. The first-order valence-corrected chi connectivity index (χ1v) is 7.61. The molecule has 0 heterocycles. The number of hydrogen-bond acceptors (Lipinski definition) is 2. The second-order valence-electron chi connectivity index (χ2n) is 6.53. The molecule has 2 saturated carbocycles. The summed E-state index contributed by atoms with van der Waals surface area (Å²) >= 11 is 0. The number of nitrogens with two attached hydrogens (primary N) is 1. The van der Waals surface area contributed by atoms with Gasteiger partial charge in [0.2, 0.25) is 0 Å². The van der Waals surface area contributed by atoms with Gasteiger partial charge in [0.15, 0.2) is 0 Å². The number of rotatable bonds is 3. The molecule has 0 aromatic heterocycles. The average Bonchev–Trinajstić information content (AvgIpc) is 2.56. The van der Waals surface area contributed by atoms with Crippen LogP contribution in [0.15, 0.2) is 0 Å². The summed E-state index contributed by atoms with van der Waals surface area (Å²) in [5.41, 5.74) is 6.46. The summed E-state index contributed by atoms with van der Waals surface area (Å²) in [7, 11) is 2.35. The normalized spacial score (nSPS) is 36.4. The van der Waals surface area contributed by atoms with Gasteiger partial charge in [-0.3, -0.25) is 4.90 Å². The maximum atomic E-state index is 6.14. The highest BCUT2D eigenvalue weighted by atomic mass is 15.2. The van der Waals surface area contributed by atoms with Gasteiger partial charge in [0.1, 0.15) is 0 Å². The lowest BCUT2D eigenvalue weighted by Gasteiger charge is -2.43. The third kappa shape index (κ3) is 2.85.